The van der Waals surface area contributed by atoms with Crippen molar-refractivity contribution in [3.05, 3.63) is 23.8 Å². The van der Waals surface area contributed by atoms with E-state index in [1.165, 1.54) is 7.11 Å². The van der Waals surface area contributed by atoms with Gasteiger partial charge >= 0.3 is 6.18 Å². The van der Waals surface area contributed by atoms with Crippen molar-refractivity contribution in [2.24, 2.45) is 5.73 Å². The van der Waals surface area contributed by atoms with Gasteiger partial charge in [-0.25, -0.2) is 0 Å². The van der Waals surface area contributed by atoms with Crippen LogP contribution in [0.1, 0.15) is 12.5 Å². The summed E-state index contributed by atoms with van der Waals surface area (Å²) in [5, 5.41) is 0. The molecule has 1 unspecified atom stereocenters. The average molecular weight is 307 g/mol. The summed E-state index contributed by atoms with van der Waals surface area (Å²) >= 11 is 0. The molecule has 0 radical (unpaired) electrons. The van der Waals surface area contributed by atoms with Crippen LogP contribution in [0.15, 0.2) is 18.2 Å². The third kappa shape index (κ3) is 7.19. The molecular weight excluding hydrogens is 287 g/mol. The maximum atomic E-state index is 11.9. The summed E-state index contributed by atoms with van der Waals surface area (Å²) in [6.07, 6.45) is -3.65. The van der Waals surface area contributed by atoms with Gasteiger partial charge in [-0.2, -0.15) is 13.2 Å². The zero-order valence-electron chi connectivity index (χ0n) is 12.1. The Balaban J connectivity index is 2.52. The minimum atomic E-state index is -4.32. The summed E-state index contributed by atoms with van der Waals surface area (Å²) < 4.78 is 50.7. The number of halogens is 3. The molecule has 0 aromatic heterocycles. The van der Waals surface area contributed by atoms with Crippen molar-refractivity contribution in [2.45, 2.75) is 25.6 Å². The number of rotatable bonds is 8. The minimum Gasteiger partial charge on any atom is -0.493 e. The Kier molecular flexibility index (Phi) is 6.77. The fourth-order valence-electron chi connectivity index (χ4n) is 1.73. The van der Waals surface area contributed by atoms with Crippen LogP contribution in [0.3, 0.4) is 0 Å². The minimum absolute atomic E-state index is 0.00126. The standard InChI is InChI=1S/C14H20F3NO3/c1-10(18)7-11-3-4-12(19-2)13(8-11)21-6-5-20-9-14(15,16)17/h3-4,8,10H,5-7,9,18H2,1-2H3. The average Bonchev–Trinajstić information content (AvgIpc) is 2.36. The monoisotopic (exact) mass is 307 g/mol. The van der Waals surface area contributed by atoms with Crippen molar-refractivity contribution >= 4 is 0 Å². The second-order valence-corrected chi connectivity index (χ2v) is 4.68. The van der Waals surface area contributed by atoms with Gasteiger partial charge in [0, 0.05) is 6.04 Å². The molecule has 1 rings (SSSR count). The van der Waals surface area contributed by atoms with Crippen LogP contribution in [0, 0.1) is 0 Å². The van der Waals surface area contributed by atoms with Crippen LogP contribution in [0.4, 0.5) is 13.2 Å². The predicted molar refractivity (Wildman–Crippen MR) is 72.7 cm³/mol. The normalized spacial score (nSPS) is 13.0. The van der Waals surface area contributed by atoms with Crippen LogP contribution in [0.2, 0.25) is 0 Å². The lowest BCUT2D eigenvalue weighted by Crippen LogP contribution is -2.19. The van der Waals surface area contributed by atoms with E-state index in [2.05, 4.69) is 4.74 Å². The van der Waals surface area contributed by atoms with Crippen LogP contribution in [-0.4, -0.2) is 39.1 Å². The van der Waals surface area contributed by atoms with Gasteiger partial charge in [0.25, 0.3) is 0 Å². The SMILES string of the molecule is COc1ccc(CC(C)N)cc1OCCOCC(F)(F)F. The first-order valence-corrected chi connectivity index (χ1v) is 6.51. The molecule has 0 amide bonds. The summed E-state index contributed by atoms with van der Waals surface area (Å²) in [6.45, 7) is 0.461. The van der Waals surface area contributed by atoms with Gasteiger partial charge in [-0.1, -0.05) is 6.07 Å². The van der Waals surface area contributed by atoms with Gasteiger partial charge in [-0.15, -0.1) is 0 Å². The molecule has 0 aliphatic carbocycles. The van der Waals surface area contributed by atoms with Crippen LogP contribution in [0.25, 0.3) is 0 Å². The van der Waals surface area contributed by atoms with Gasteiger partial charge in [-0.3, -0.25) is 0 Å². The molecule has 7 heteroatoms. The highest BCUT2D eigenvalue weighted by molar-refractivity contribution is 5.43. The molecule has 0 saturated carbocycles. The van der Waals surface area contributed by atoms with Gasteiger partial charge in [0.2, 0.25) is 0 Å². The zero-order valence-corrected chi connectivity index (χ0v) is 12.1. The van der Waals surface area contributed by atoms with Crippen molar-refractivity contribution in [3.63, 3.8) is 0 Å². The number of nitrogens with two attached hydrogens (primary N) is 1. The van der Waals surface area contributed by atoms with Crippen LogP contribution in [-0.2, 0) is 11.2 Å². The second-order valence-electron chi connectivity index (χ2n) is 4.68. The van der Waals surface area contributed by atoms with Crippen LogP contribution >= 0.6 is 0 Å². The lowest BCUT2D eigenvalue weighted by molar-refractivity contribution is -0.175. The van der Waals surface area contributed by atoms with E-state index in [0.29, 0.717) is 17.9 Å². The van der Waals surface area contributed by atoms with E-state index in [0.717, 1.165) is 5.56 Å². The fourth-order valence-corrected chi connectivity index (χ4v) is 1.73. The highest BCUT2D eigenvalue weighted by Gasteiger charge is 2.27. The molecule has 1 atom stereocenters. The highest BCUT2D eigenvalue weighted by atomic mass is 19.4. The number of ether oxygens (including phenoxy) is 3. The molecule has 120 valence electrons. The second kappa shape index (κ2) is 8.09. The molecule has 1 aromatic carbocycles. The van der Waals surface area contributed by atoms with E-state index >= 15 is 0 Å². The number of hydrogen-bond acceptors (Lipinski definition) is 4. The number of alkyl halides is 3. The molecular formula is C14H20F3NO3. The summed E-state index contributed by atoms with van der Waals surface area (Å²) in [5.41, 5.74) is 6.70. The molecule has 21 heavy (non-hydrogen) atoms. The van der Waals surface area contributed by atoms with E-state index in [9.17, 15) is 13.2 Å². The summed E-state index contributed by atoms with van der Waals surface area (Å²) in [5.74, 6) is 0.977. The topological polar surface area (TPSA) is 53.7 Å². The molecule has 0 saturated heterocycles. The van der Waals surface area contributed by atoms with Crippen molar-refractivity contribution in [1.82, 2.24) is 0 Å². The Morgan fingerprint density at radius 3 is 2.48 bits per heavy atom. The lowest BCUT2D eigenvalue weighted by Gasteiger charge is -2.14. The fraction of sp³-hybridized carbons (Fsp3) is 0.571. The molecule has 0 bridgehead atoms. The van der Waals surface area contributed by atoms with Crippen molar-refractivity contribution in [1.29, 1.82) is 0 Å². The third-order valence-corrected chi connectivity index (χ3v) is 2.54. The van der Waals surface area contributed by atoms with Crippen molar-refractivity contribution in [3.8, 4) is 11.5 Å². The molecule has 4 nitrogen and oxygen atoms in total. The van der Waals surface area contributed by atoms with Gasteiger partial charge in [0.15, 0.2) is 11.5 Å². The quantitative estimate of drug-likeness (QED) is 0.750. The summed E-state index contributed by atoms with van der Waals surface area (Å²) in [4.78, 5) is 0. The first-order chi connectivity index (χ1) is 9.81. The van der Waals surface area contributed by atoms with E-state index in [4.69, 9.17) is 15.2 Å². The molecule has 0 heterocycles. The van der Waals surface area contributed by atoms with E-state index in [1.54, 1.807) is 12.1 Å². The van der Waals surface area contributed by atoms with Gasteiger partial charge < -0.3 is 19.9 Å². The van der Waals surface area contributed by atoms with Gasteiger partial charge in [0.05, 0.1) is 13.7 Å². The Labute approximate surface area is 122 Å². The molecule has 0 spiro atoms. The van der Waals surface area contributed by atoms with Gasteiger partial charge in [-0.05, 0) is 31.0 Å². The predicted octanol–water partition coefficient (Wildman–Crippen LogP) is 2.54. The van der Waals surface area contributed by atoms with Crippen LogP contribution in [0.5, 0.6) is 11.5 Å². The highest BCUT2D eigenvalue weighted by Crippen LogP contribution is 2.28. The van der Waals surface area contributed by atoms with E-state index in [-0.39, 0.29) is 19.3 Å². The Morgan fingerprint density at radius 2 is 1.90 bits per heavy atom. The van der Waals surface area contributed by atoms with E-state index < -0.39 is 12.8 Å². The van der Waals surface area contributed by atoms with Crippen molar-refractivity contribution < 1.29 is 27.4 Å². The van der Waals surface area contributed by atoms with E-state index in [1.807, 2.05) is 13.0 Å². The lowest BCUT2D eigenvalue weighted by atomic mass is 10.1. The zero-order chi connectivity index (χ0) is 15.9. The van der Waals surface area contributed by atoms with Crippen LogP contribution < -0.4 is 15.2 Å². The maximum Gasteiger partial charge on any atom is 0.411 e. The Morgan fingerprint density at radius 1 is 1.19 bits per heavy atom. The molecule has 2 N–H and O–H groups in total. The van der Waals surface area contributed by atoms with Gasteiger partial charge in [0.1, 0.15) is 13.2 Å². The number of benzene rings is 1. The molecule has 0 aliphatic rings. The Hall–Kier alpha value is -1.47. The smallest absolute Gasteiger partial charge is 0.411 e. The number of hydrogen-bond donors (Lipinski definition) is 1. The van der Waals surface area contributed by atoms with Crippen molar-refractivity contribution in [2.75, 3.05) is 26.9 Å². The maximum absolute atomic E-state index is 11.9. The number of methoxy groups -OCH3 is 1. The first-order valence-electron chi connectivity index (χ1n) is 6.51. The first kappa shape index (κ1) is 17.6. The molecule has 1 aromatic rings. The Bertz CT molecular complexity index is 436. The third-order valence-electron chi connectivity index (χ3n) is 2.54. The molecule has 0 fully saturated rings. The summed E-state index contributed by atoms with van der Waals surface area (Å²) in [7, 11) is 1.49. The molecule has 0 aliphatic heterocycles. The largest absolute Gasteiger partial charge is 0.493 e. The summed E-state index contributed by atoms with van der Waals surface area (Å²) in [6, 6.07) is 5.38.